The second kappa shape index (κ2) is 6.87. The second-order valence-corrected chi connectivity index (χ2v) is 6.04. The van der Waals surface area contributed by atoms with Crippen molar-refractivity contribution in [2.75, 3.05) is 18.6 Å². The Morgan fingerprint density at radius 3 is 2.71 bits per heavy atom. The maximum absolute atomic E-state index is 12.9. The van der Waals surface area contributed by atoms with Crippen LogP contribution in [0.2, 0.25) is 0 Å². The van der Waals surface area contributed by atoms with Gasteiger partial charge in [0.2, 0.25) is 5.91 Å². The molecule has 2 aromatic carbocycles. The van der Waals surface area contributed by atoms with Gasteiger partial charge in [-0.25, -0.2) is 0 Å². The summed E-state index contributed by atoms with van der Waals surface area (Å²) in [4.78, 5) is 26.3. The number of amides is 1. The van der Waals surface area contributed by atoms with Crippen LogP contribution >= 0.6 is 0 Å². The molecule has 0 bridgehead atoms. The summed E-state index contributed by atoms with van der Waals surface area (Å²) in [6, 6.07) is 13.3. The van der Waals surface area contributed by atoms with E-state index in [9.17, 15) is 9.59 Å². The van der Waals surface area contributed by atoms with Gasteiger partial charge in [-0.05, 0) is 49.6 Å². The van der Waals surface area contributed by atoms with Gasteiger partial charge >= 0.3 is 0 Å². The van der Waals surface area contributed by atoms with Gasteiger partial charge in [-0.1, -0.05) is 18.2 Å². The van der Waals surface area contributed by atoms with Gasteiger partial charge in [-0.15, -0.1) is 0 Å². The molecule has 1 aliphatic rings. The summed E-state index contributed by atoms with van der Waals surface area (Å²) in [6.07, 6.45) is 2.19. The van der Waals surface area contributed by atoms with E-state index in [1.807, 2.05) is 23.1 Å². The van der Waals surface area contributed by atoms with E-state index in [1.165, 1.54) is 12.5 Å². The molecule has 0 unspecified atom stereocenters. The number of anilines is 1. The third-order valence-electron chi connectivity index (χ3n) is 4.44. The Hall–Kier alpha value is -2.62. The Bertz CT molecular complexity index is 782. The Morgan fingerprint density at radius 2 is 1.96 bits per heavy atom. The molecule has 0 aromatic heterocycles. The highest BCUT2D eigenvalue weighted by Gasteiger charge is 2.23. The molecule has 1 aliphatic heterocycles. The van der Waals surface area contributed by atoms with Gasteiger partial charge in [0.25, 0.3) is 0 Å². The van der Waals surface area contributed by atoms with Crippen LogP contribution in [0.4, 0.5) is 5.69 Å². The highest BCUT2D eigenvalue weighted by molar-refractivity contribution is 5.97. The number of para-hydroxylation sites is 1. The van der Waals surface area contributed by atoms with Crippen LogP contribution < -0.4 is 9.64 Å². The van der Waals surface area contributed by atoms with Crippen LogP contribution in [0.15, 0.2) is 42.5 Å². The molecule has 1 heterocycles. The van der Waals surface area contributed by atoms with Crippen LogP contribution in [0.5, 0.6) is 5.75 Å². The smallest absolute Gasteiger partial charge is 0.231 e. The number of hydrogen-bond donors (Lipinski definition) is 0. The third kappa shape index (κ3) is 3.18. The molecule has 2 aromatic rings. The van der Waals surface area contributed by atoms with Crippen LogP contribution in [0.1, 0.15) is 34.8 Å². The zero-order valence-corrected chi connectivity index (χ0v) is 14.0. The minimum Gasteiger partial charge on any atom is -0.496 e. The van der Waals surface area contributed by atoms with E-state index in [4.69, 9.17) is 4.74 Å². The van der Waals surface area contributed by atoms with Crippen molar-refractivity contribution in [1.29, 1.82) is 0 Å². The largest absolute Gasteiger partial charge is 0.496 e. The van der Waals surface area contributed by atoms with Crippen molar-refractivity contribution in [1.82, 2.24) is 0 Å². The normalized spacial score (nSPS) is 13.3. The van der Waals surface area contributed by atoms with E-state index >= 15 is 0 Å². The second-order valence-electron chi connectivity index (χ2n) is 6.04. The number of nitrogens with zero attached hydrogens (tertiary/aromatic N) is 1. The molecule has 0 atom stereocenters. The molecule has 4 nitrogen and oxygen atoms in total. The Morgan fingerprint density at radius 1 is 1.17 bits per heavy atom. The van der Waals surface area contributed by atoms with Crippen LogP contribution in [0, 0.1) is 0 Å². The molecule has 0 radical (unpaired) electrons. The van der Waals surface area contributed by atoms with E-state index in [-0.39, 0.29) is 18.1 Å². The molecule has 1 amide bonds. The van der Waals surface area contributed by atoms with Gasteiger partial charge in [0.1, 0.15) is 5.75 Å². The first-order chi connectivity index (χ1) is 11.6. The maximum atomic E-state index is 12.9. The Labute approximate surface area is 142 Å². The van der Waals surface area contributed by atoms with Gasteiger partial charge in [-0.2, -0.15) is 0 Å². The van der Waals surface area contributed by atoms with Gasteiger partial charge in [0.05, 0.1) is 13.5 Å². The van der Waals surface area contributed by atoms with Gasteiger partial charge in [0.15, 0.2) is 5.78 Å². The number of rotatable bonds is 4. The molecule has 0 fully saturated rings. The van der Waals surface area contributed by atoms with Crippen LogP contribution in [0.3, 0.4) is 0 Å². The SMILES string of the molecule is COc1ccc(C(C)=O)cc1CC(=O)N1CCCc2ccccc21. The Kier molecular flexibility index (Phi) is 4.65. The van der Waals surface area contributed by atoms with Crippen LogP contribution in [0.25, 0.3) is 0 Å². The number of hydrogen-bond acceptors (Lipinski definition) is 3. The minimum absolute atomic E-state index is 0.0188. The summed E-state index contributed by atoms with van der Waals surface area (Å²) in [5.74, 6) is 0.648. The summed E-state index contributed by atoms with van der Waals surface area (Å²) >= 11 is 0. The number of Topliss-reactive ketones (excluding diaryl/α,β-unsaturated/α-hetero) is 1. The van der Waals surface area contributed by atoms with Crippen molar-refractivity contribution in [3.63, 3.8) is 0 Å². The van der Waals surface area contributed by atoms with Gasteiger partial charge in [0, 0.05) is 23.4 Å². The highest BCUT2D eigenvalue weighted by atomic mass is 16.5. The summed E-state index contributed by atoms with van der Waals surface area (Å²) in [5, 5.41) is 0. The molecule has 3 rings (SSSR count). The molecule has 0 N–H and O–H groups in total. The molecule has 24 heavy (non-hydrogen) atoms. The Balaban J connectivity index is 1.88. The van der Waals surface area contributed by atoms with Crippen LogP contribution in [-0.2, 0) is 17.6 Å². The molecule has 0 spiro atoms. The standard InChI is InChI=1S/C20H21NO3/c1-14(22)16-9-10-19(24-2)17(12-16)13-20(23)21-11-5-7-15-6-3-4-8-18(15)21/h3-4,6,8-10,12H,5,7,11,13H2,1-2H3. The average molecular weight is 323 g/mol. The number of benzene rings is 2. The molecule has 124 valence electrons. The number of carbonyl (C=O) groups is 2. The number of ether oxygens (including phenoxy) is 1. The first-order valence-electron chi connectivity index (χ1n) is 8.16. The van der Waals surface area contributed by atoms with Crippen molar-refractivity contribution in [3.05, 3.63) is 59.2 Å². The van der Waals surface area contributed by atoms with Crippen molar-refractivity contribution >= 4 is 17.4 Å². The molecule has 0 aliphatic carbocycles. The first kappa shape index (κ1) is 16.2. The van der Waals surface area contributed by atoms with E-state index in [0.29, 0.717) is 11.3 Å². The summed E-state index contributed by atoms with van der Waals surface area (Å²) < 4.78 is 5.36. The summed E-state index contributed by atoms with van der Waals surface area (Å²) in [5.41, 5.74) is 3.55. The zero-order valence-electron chi connectivity index (χ0n) is 14.0. The minimum atomic E-state index is -0.0188. The fourth-order valence-corrected chi connectivity index (χ4v) is 3.19. The fraction of sp³-hybridized carbons (Fsp3) is 0.300. The predicted octanol–water partition coefficient (Wildman–Crippen LogP) is 3.42. The van der Waals surface area contributed by atoms with E-state index in [0.717, 1.165) is 30.6 Å². The van der Waals surface area contributed by atoms with Crippen molar-refractivity contribution < 1.29 is 14.3 Å². The zero-order chi connectivity index (χ0) is 17.1. The van der Waals surface area contributed by atoms with Crippen molar-refractivity contribution in [2.24, 2.45) is 0 Å². The lowest BCUT2D eigenvalue weighted by Gasteiger charge is -2.29. The third-order valence-corrected chi connectivity index (χ3v) is 4.44. The number of fused-ring (bicyclic) bond motifs is 1. The van der Waals surface area contributed by atoms with Gasteiger partial charge in [-0.3, -0.25) is 9.59 Å². The van der Waals surface area contributed by atoms with Crippen molar-refractivity contribution in [2.45, 2.75) is 26.2 Å². The predicted molar refractivity (Wildman–Crippen MR) is 93.8 cm³/mol. The number of methoxy groups -OCH3 is 1. The monoisotopic (exact) mass is 323 g/mol. The molecular weight excluding hydrogens is 302 g/mol. The van der Waals surface area contributed by atoms with E-state index < -0.39 is 0 Å². The van der Waals surface area contributed by atoms with E-state index in [2.05, 4.69) is 6.07 Å². The molecule has 0 saturated heterocycles. The molecule has 4 heteroatoms. The first-order valence-corrected chi connectivity index (χ1v) is 8.16. The lowest BCUT2D eigenvalue weighted by molar-refractivity contribution is -0.118. The fourth-order valence-electron chi connectivity index (χ4n) is 3.19. The molecule has 0 saturated carbocycles. The maximum Gasteiger partial charge on any atom is 0.231 e. The number of carbonyl (C=O) groups excluding carboxylic acids is 2. The summed E-state index contributed by atoms with van der Waals surface area (Å²) in [7, 11) is 1.58. The topological polar surface area (TPSA) is 46.6 Å². The lowest BCUT2D eigenvalue weighted by Crippen LogP contribution is -2.36. The average Bonchev–Trinajstić information content (AvgIpc) is 2.61. The van der Waals surface area contributed by atoms with Crippen molar-refractivity contribution in [3.8, 4) is 5.75 Å². The molecular formula is C20H21NO3. The van der Waals surface area contributed by atoms with Crippen LogP contribution in [-0.4, -0.2) is 25.3 Å². The van der Waals surface area contributed by atoms with E-state index in [1.54, 1.807) is 25.3 Å². The number of ketones is 1. The summed E-state index contributed by atoms with van der Waals surface area (Å²) in [6.45, 7) is 2.25. The lowest BCUT2D eigenvalue weighted by atomic mass is 10.00. The number of aryl methyl sites for hydroxylation is 1. The quantitative estimate of drug-likeness (QED) is 0.810. The van der Waals surface area contributed by atoms with Gasteiger partial charge < -0.3 is 9.64 Å². The highest BCUT2D eigenvalue weighted by Crippen LogP contribution is 2.28.